The third-order valence-electron chi connectivity index (χ3n) is 3.13. The van der Waals surface area contributed by atoms with Gasteiger partial charge in [-0.15, -0.1) is 0 Å². The van der Waals surface area contributed by atoms with Gasteiger partial charge in [0.1, 0.15) is 5.82 Å². The number of aliphatic carboxylic acids is 1. The average Bonchev–Trinajstić information content (AvgIpc) is 2.49. The zero-order valence-electron chi connectivity index (χ0n) is 9.05. The molecule has 1 aliphatic carbocycles. The van der Waals surface area contributed by atoms with E-state index >= 15 is 0 Å². The van der Waals surface area contributed by atoms with Crippen LogP contribution in [0.4, 0.5) is 0 Å². The summed E-state index contributed by atoms with van der Waals surface area (Å²) >= 11 is 0. The first-order chi connectivity index (χ1) is 7.11. The molecular formula is C11H16N2O2. The molecule has 2 atom stereocenters. The number of carboxylic acid groups (broad SMARTS) is 1. The Morgan fingerprint density at radius 1 is 1.60 bits per heavy atom. The number of hydrogen-bond acceptors (Lipinski definition) is 2. The van der Waals surface area contributed by atoms with Gasteiger partial charge in [-0.2, -0.15) is 0 Å². The van der Waals surface area contributed by atoms with E-state index in [9.17, 15) is 4.79 Å². The van der Waals surface area contributed by atoms with Crippen LogP contribution in [-0.4, -0.2) is 20.6 Å². The maximum absolute atomic E-state index is 10.9. The number of aromatic nitrogens is 2. The van der Waals surface area contributed by atoms with Gasteiger partial charge in [0.2, 0.25) is 0 Å². The number of hydrogen-bond donors (Lipinski definition) is 1. The number of nitrogens with zero attached hydrogens (tertiary/aromatic N) is 2. The van der Waals surface area contributed by atoms with Crippen LogP contribution in [-0.2, 0) is 4.79 Å². The van der Waals surface area contributed by atoms with E-state index in [1.54, 1.807) is 6.20 Å². The standard InChI is InChI=1S/C11H16N2O2/c1-7(2)10-12-5-6-13(10)9-4-3-8(9)11(14)15/h5-9H,3-4H2,1-2H3,(H,14,15). The molecule has 0 spiro atoms. The van der Waals surface area contributed by atoms with Crippen LogP contribution in [0.5, 0.6) is 0 Å². The van der Waals surface area contributed by atoms with Crippen LogP contribution in [0.2, 0.25) is 0 Å². The van der Waals surface area contributed by atoms with E-state index in [4.69, 9.17) is 5.11 Å². The summed E-state index contributed by atoms with van der Waals surface area (Å²) in [7, 11) is 0. The van der Waals surface area contributed by atoms with E-state index in [0.717, 1.165) is 18.7 Å². The molecule has 1 fully saturated rings. The molecule has 0 amide bonds. The van der Waals surface area contributed by atoms with Crippen LogP contribution >= 0.6 is 0 Å². The van der Waals surface area contributed by atoms with Gasteiger partial charge in [-0.3, -0.25) is 4.79 Å². The fourth-order valence-electron chi connectivity index (χ4n) is 2.16. The molecular weight excluding hydrogens is 192 g/mol. The molecule has 2 unspecified atom stereocenters. The van der Waals surface area contributed by atoms with Gasteiger partial charge in [-0.05, 0) is 12.8 Å². The van der Waals surface area contributed by atoms with Crippen molar-refractivity contribution < 1.29 is 9.90 Å². The molecule has 0 bridgehead atoms. The smallest absolute Gasteiger partial charge is 0.308 e. The molecule has 1 aliphatic rings. The first kappa shape index (κ1) is 10.2. The average molecular weight is 208 g/mol. The Morgan fingerprint density at radius 3 is 2.80 bits per heavy atom. The van der Waals surface area contributed by atoms with Gasteiger partial charge < -0.3 is 9.67 Å². The van der Waals surface area contributed by atoms with Crippen LogP contribution in [0.25, 0.3) is 0 Å². The second-order valence-electron chi connectivity index (χ2n) is 4.44. The lowest BCUT2D eigenvalue weighted by Crippen LogP contribution is -2.35. The second-order valence-corrected chi connectivity index (χ2v) is 4.44. The number of imidazole rings is 1. The molecule has 2 rings (SSSR count). The monoisotopic (exact) mass is 208 g/mol. The van der Waals surface area contributed by atoms with Gasteiger partial charge in [0.05, 0.1) is 5.92 Å². The summed E-state index contributed by atoms with van der Waals surface area (Å²) in [6.07, 6.45) is 5.39. The van der Waals surface area contributed by atoms with E-state index in [2.05, 4.69) is 18.8 Å². The fraction of sp³-hybridized carbons (Fsp3) is 0.636. The summed E-state index contributed by atoms with van der Waals surface area (Å²) in [6.45, 7) is 4.15. The summed E-state index contributed by atoms with van der Waals surface area (Å²) < 4.78 is 2.03. The summed E-state index contributed by atoms with van der Waals surface area (Å²) in [6, 6.07) is 0.113. The van der Waals surface area contributed by atoms with Crippen molar-refractivity contribution >= 4 is 5.97 Å². The SMILES string of the molecule is CC(C)c1nccn1C1CCC1C(=O)O. The predicted octanol–water partition coefficient (Wildman–Crippen LogP) is 2.04. The van der Waals surface area contributed by atoms with Crippen LogP contribution in [0.15, 0.2) is 12.4 Å². The lowest BCUT2D eigenvalue weighted by atomic mass is 9.79. The first-order valence-corrected chi connectivity index (χ1v) is 5.36. The third kappa shape index (κ3) is 1.64. The maximum atomic E-state index is 10.9. The predicted molar refractivity (Wildman–Crippen MR) is 55.7 cm³/mol. The lowest BCUT2D eigenvalue weighted by Gasteiger charge is -2.35. The Balaban J connectivity index is 2.23. The van der Waals surface area contributed by atoms with Crippen molar-refractivity contribution in [2.24, 2.45) is 5.92 Å². The van der Waals surface area contributed by atoms with Crippen LogP contribution in [0.1, 0.15) is 44.5 Å². The molecule has 0 aromatic carbocycles. The summed E-state index contributed by atoms with van der Waals surface area (Å²) in [4.78, 5) is 15.2. The summed E-state index contributed by atoms with van der Waals surface area (Å²) in [5, 5.41) is 9.00. The van der Waals surface area contributed by atoms with Crippen LogP contribution < -0.4 is 0 Å². The molecule has 0 saturated heterocycles. The zero-order chi connectivity index (χ0) is 11.0. The Morgan fingerprint density at radius 2 is 2.33 bits per heavy atom. The normalized spacial score (nSPS) is 25.3. The summed E-state index contributed by atoms with van der Waals surface area (Å²) in [5.41, 5.74) is 0. The molecule has 1 aromatic heterocycles. The molecule has 4 nitrogen and oxygen atoms in total. The Kier molecular flexibility index (Phi) is 2.50. The lowest BCUT2D eigenvalue weighted by molar-refractivity contribution is -0.147. The highest BCUT2D eigenvalue weighted by Gasteiger charge is 2.38. The quantitative estimate of drug-likeness (QED) is 0.827. The third-order valence-corrected chi connectivity index (χ3v) is 3.13. The van der Waals surface area contributed by atoms with E-state index < -0.39 is 5.97 Å². The molecule has 15 heavy (non-hydrogen) atoms. The topological polar surface area (TPSA) is 55.1 Å². The van der Waals surface area contributed by atoms with Crippen LogP contribution in [0, 0.1) is 5.92 Å². The van der Waals surface area contributed by atoms with Crippen molar-refractivity contribution in [3.8, 4) is 0 Å². The van der Waals surface area contributed by atoms with Crippen LogP contribution in [0.3, 0.4) is 0 Å². The minimum atomic E-state index is -0.686. The second kappa shape index (κ2) is 3.68. The van der Waals surface area contributed by atoms with Crippen molar-refractivity contribution in [1.82, 2.24) is 9.55 Å². The van der Waals surface area contributed by atoms with E-state index in [0.29, 0.717) is 5.92 Å². The Labute approximate surface area is 88.9 Å². The van der Waals surface area contributed by atoms with Gasteiger partial charge in [-0.1, -0.05) is 13.8 Å². The largest absolute Gasteiger partial charge is 0.481 e. The number of carbonyl (C=O) groups is 1. The van der Waals surface area contributed by atoms with Crippen molar-refractivity contribution in [3.63, 3.8) is 0 Å². The fourth-order valence-corrected chi connectivity index (χ4v) is 2.16. The molecule has 1 heterocycles. The first-order valence-electron chi connectivity index (χ1n) is 5.36. The molecule has 0 radical (unpaired) electrons. The number of rotatable bonds is 3. The Bertz CT molecular complexity index is 370. The van der Waals surface area contributed by atoms with E-state index in [1.165, 1.54) is 0 Å². The maximum Gasteiger partial charge on any atom is 0.308 e. The molecule has 4 heteroatoms. The van der Waals surface area contributed by atoms with Gasteiger partial charge in [0.15, 0.2) is 0 Å². The molecule has 1 saturated carbocycles. The van der Waals surface area contributed by atoms with Gasteiger partial charge >= 0.3 is 5.97 Å². The highest BCUT2D eigenvalue weighted by molar-refractivity contribution is 5.71. The molecule has 82 valence electrons. The van der Waals surface area contributed by atoms with Gasteiger partial charge in [0.25, 0.3) is 0 Å². The van der Waals surface area contributed by atoms with E-state index in [1.807, 2.05) is 10.8 Å². The van der Waals surface area contributed by atoms with Gasteiger partial charge in [-0.25, -0.2) is 4.98 Å². The molecule has 1 N–H and O–H groups in total. The highest BCUT2D eigenvalue weighted by Crippen LogP contribution is 2.40. The molecule has 0 aliphatic heterocycles. The number of carboxylic acids is 1. The minimum Gasteiger partial charge on any atom is -0.481 e. The van der Waals surface area contributed by atoms with E-state index in [-0.39, 0.29) is 12.0 Å². The van der Waals surface area contributed by atoms with Crippen molar-refractivity contribution in [2.75, 3.05) is 0 Å². The van der Waals surface area contributed by atoms with Crippen molar-refractivity contribution in [3.05, 3.63) is 18.2 Å². The minimum absolute atomic E-state index is 0.113. The summed E-state index contributed by atoms with van der Waals surface area (Å²) in [5.74, 6) is 0.423. The van der Waals surface area contributed by atoms with Crippen molar-refractivity contribution in [1.29, 1.82) is 0 Å². The Hall–Kier alpha value is -1.32. The molecule has 1 aromatic rings. The highest BCUT2D eigenvalue weighted by atomic mass is 16.4. The van der Waals surface area contributed by atoms with Crippen molar-refractivity contribution in [2.45, 2.75) is 38.6 Å². The van der Waals surface area contributed by atoms with Gasteiger partial charge in [0, 0.05) is 24.4 Å². The zero-order valence-corrected chi connectivity index (χ0v) is 9.05.